The Morgan fingerprint density at radius 2 is 1.81 bits per heavy atom. The van der Waals surface area contributed by atoms with E-state index in [0.29, 0.717) is 18.5 Å². The zero-order valence-corrected chi connectivity index (χ0v) is 9.54. The lowest BCUT2D eigenvalue weighted by Crippen LogP contribution is -2.20. The highest BCUT2D eigenvalue weighted by atomic mass is 16.1. The quantitative estimate of drug-likeness (QED) is 0.738. The number of benzene rings is 1. The van der Waals surface area contributed by atoms with Crippen molar-refractivity contribution in [3.8, 4) is 0 Å². The molecular formula is C12H16N2O2. The summed E-state index contributed by atoms with van der Waals surface area (Å²) < 4.78 is 0. The minimum atomic E-state index is 0.00727. The van der Waals surface area contributed by atoms with Crippen LogP contribution in [0.5, 0.6) is 0 Å². The Labute approximate surface area is 95.0 Å². The molecule has 0 aliphatic heterocycles. The summed E-state index contributed by atoms with van der Waals surface area (Å²) >= 11 is 0. The summed E-state index contributed by atoms with van der Waals surface area (Å²) in [5.41, 5.74) is 1.60. The van der Waals surface area contributed by atoms with Crippen LogP contribution in [0, 0.1) is 0 Å². The third-order valence-electron chi connectivity index (χ3n) is 2.25. The van der Waals surface area contributed by atoms with Crippen molar-refractivity contribution in [3.63, 3.8) is 0 Å². The van der Waals surface area contributed by atoms with Gasteiger partial charge in [0.25, 0.3) is 0 Å². The van der Waals surface area contributed by atoms with E-state index in [-0.39, 0.29) is 11.7 Å². The summed E-state index contributed by atoms with van der Waals surface area (Å²) in [5.74, 6) is 0.0600. The molecule has 0 unspecified atom stereocenters. The Hall–Kier alpha value is -1.84. The number of carbonyl (C=O) groups is 2. The monoisotopic (exact) mass is 220 g/mol. The summed E-state index contributed by atoms with van der Waals surface area (Å²) in [4.78, 5) is 22.0. The predicted octanol–water partition coefficient (Wildman–Crippen LogP) is 1.44. The van der Waals surface area contributed by atoms with Crippen molar-refractivity contribution >= 4 is 17.4 Å². The van der Waals surface area contributed by atoms with Crippen LogP contribution in [0.2, 0.25) is 0 Å². The first-order chi connectivity index (χ1) is 7.63. The number of amides is 1. The van der Waals surface area contributed by atoms with Crippen molar-refractivity contribution in [2.75, 3.05) is 18.9 Å². The Kier molecular flexibility index (Phi) is 4.51. The van der Waals surface area contributed by atoms with Crippen molar-refractivity contribution in [1.82, 2.24) is 5.32 Å². The maximum Gasteiger partial charge on any atom is 0.221 e. The molecule has 1 amide bonds. The first kappa shape index (κ1) is 12.2. The number of hydrogen-bond acceptors (Lipinski definition) is 3. The summed E-state index contributed by atoms with van der Waals surface area (Å²) in [6.45, 7) is 2.12. The molecule has 0 aliphatic rings. The van der Waals surface area contributed by atoms with Crippen LogP contribution in [0.15, 0.2) is 24.3 Å². The van der Waals surface area contributed by atoms with Gasteiger partial charge >= 0.3 is 0 Å². The molecule has 0 bridgehead atoms. The number of ketones is 1. The number of Topliss-reactive ketones (excluding diaryl/α,β-unsaturated/α-hetero) is 1. The number of hydrogen-bond donors (Lipinski definition) is 2. The third kappa shape index (κ3) is 3.73. The van der Waals surface area contributed by atoms with Crippen molar-refractivity contribution in [2.24, 2.45) is 0 Å². The van der Waals surface area contributed by atoms with E-state index in [9.17, 15) is 9.59 Å². The van der Waals surface area contributed by atoms with Gasteiger partial charge in [0, 0.05) is 31.3 Å². The maximum atomic E-state index is 11.0. The molecular weight excluding hydrogens is 204 g/mol. The highest BCUT2D eigenvalue weighted by molar-refractivity contribution is 5.94. The van der Waals surface area contributed by atoms with Crippen LogP contribution in [-0.4, -0.2) is 25.3 Å². The van der Waals surface area contributed by atoms with E-state index in [1.165, 1.54) is 6.92 Å². The molecule has 0 heterocycles. The van der Waals surface area contributed by atoms with Gasteiger partial charge in [-0.3, -0.25) is 9.59 Å². The van der Waals surface area contributed by atoms with Gasteiger partial charge in [0.2, 0.25) is 5.91 Å². The molecule has 2 N–H and O–H groups in total. The summed E-state index contributed by atoms with van der Waals surface area (Å²) in [6.07, 6.45) is 0.435. The molecule has 0 saturated carbocycles. The molecule has 0 saturated heterocycles. The van der Waals surface area contributed by atoms with Crippen LogP contribution < -0.4 is 10.6 Å². The van der Waals surface area contributed by atoms with Crippen molar-refractivity contribution in [1.29, 1.82) is 0 Å². The standard InChI is InChI=1S/C12H16N2O2/c1-9(15)10-3-5-11(6-4-10)14-8-7-12(16)13-2/h3-6,14H,7-8H2,1-2H3,(H,13,16). The van der Waals surface area contributed by atoms with Crippen molar-refractivity contribution in [3.05, 3.63) is 29.8 Å². The molecule has 0 radical (unpaired) electrons. The fourth-order valence-electron chi connectivity index (χ4n) is 1.27. The van der Waals surface area contributed by atoms with Crippen molar-refractivity contribution < 1.29 is 9.59 Å². The van der Waals surface area contributed by atoms with Gasteiger partial charge in [-0.1, -0.05) is 0 Å². The van der Waals surface area contributed by atoms with Gasteiger partial charge in [0.05, 0.1) is 0 Å². The summed E-state index contributed by atoms with van der Waals surface area (Å²) in [6, 6.07) is 7.20. The van der Waals surface area contributed by atoms with Gasteiger partial charge in [-0.15, -0.1) is 0 Å². The average molecular weight is 220 g/mol. The molecule has 1 rings (SSSR count). The second kappa shape index (κ2) is 5.90. The summed E-state index contributed by atoms with van der Waals surface area (Å²) in [5, 5.41) is 5.66. The Balaban J connectivity index is 2.43. The number of nitrogens with one attached hydrogen (secondary N) is 2. The minimum Gasteiger partial charge on any atom is -0.385 e. The first-order valence-corrected chi connectivity index (χ1v) is 5.19. The smallest absolute Gasteiger partial charge is 0.221 e. The molecule has 1 aromatic carbocycles. The van der Waals surface area contributed by atoms with Gasteiger partial charge in [0.1, 0.15) is 0 Å². The van der Waals surface area contributed by atoms with E-state index in [1.54, 1.807) is 19.2 Å². The van der Waals surface area contributed by atoms with Gasteiger partial charge in [0.15, 0.2) is 5.78 Å². The number of carbonyl (C=O) groups excluding carboxylic acids is 2. The van der Waals surface area contributed by atoms with E-state index < -0.39 is 0 Å². The molecule has 0 aromatic heterocycles. The summed E-state index contributed by atoms with van der Waals surface area (Å²) in [7, 11) is 1.62. The molecule has 0 spiro atoms. The Morgan fingerprint density at radius 3 is 2.31 bits per heavy atom. The van der Waals surface area contributed by atoms with Gasteiger partial charge in [-0.05, 0) is 31.2 Å². The average Bonchev–Trinajstić information content (AvgIpc) is 2.29. The Bertz CT molecular complexity index is 371. The molecule has 0 aliphatic carbocycles. The second-order valence-electron chi connectivity index (χ2n) is 3.48. The highest BCUT2D eigenvalue weighted by Gasteiger charge is 1.99. The number of rotatable bonds is 5. The molecule has 16 heavy (non-hydrogen) atoms. The predicted molar refractivity (Wildman–Crippen MR) is 63.6 cm³/mol. The normalized spacial score (nSPS) is 9.62. The molecule has 0 fully saturated rings. The molecule has 4 nitrogen and oxygen atoms in total. The lowest BCUT2D eigenvalue weighted by molar-refractivity contribution is -0.120. The van der Waals surface area contributed by atoms with E-state index >= 15 is 0 Å². The Morgan fingerprint density at radius 1 is 1.19 bits per heavy atom. The van der Waals surface area contributed by atoms with E-state index in [0.717, 1.165) is 5.69 Å². The lowest BCUT2D eigenvalue weighted by atomic mass is 10.1. The van der Waals surface area contributed by atoms with Crippen LogP contribution in [0.25, 0.3) is 0 Å². The zero-order chi connectivity index (χ0) is 12.0. The van der Waals surface area contributed by atoms with Gasteiger partial charge in [-0.25, -0.2) is 0 Å². The van der Waals surface area contributed by atoms with Crippen LogP contribution in [0.3, 0.4) is 0 Å². The molecule has 4 heteroatoms. The second-order valence-corrected chi connectivity index (χ2v) is 3.48. The fraction of sp³-hybridized carbons (Fsp3) is 0.333. The van der Waals surface area contributed by atoms with Crippen molar-refractivity contribution in [2.45, 2.75) is 13.3 Å². The van der Waals surface area contributed by atoms with E-state index in [2.05, 4.69) is 10.6 Å². The fourth-order valence-corrected chi connectivity index (χ4v) is 1.27. The minimum absolute atomic E-state index is 0.00727. The lowest BCUT2D eigenvalue weighted by Gasteiger charge is -2.06. The molecule has 0 atom stereocenters. The van der Waals surface area contributed by atoms with Crippen LogP contribution in [-0.2, 0) is 4.79 Å². The van der Waals surface area contributed by atoms with Gasteiger partial charge in [-0.2, -0.15) is 0 Å². The highest BCUT2D eigenvalue weighted by Crippen LogP contribution is 2.09. The molecule has 1 aromatic rings. The van der Waals surface area contributed by atoms with Gasteiger partial charge < -0.3 is 10.6 Å². The molecule has 86 valence electrons. The SMILES string of the molecule is CNC(=O)CCNc1ccc(C(C)=O)cc1. The first-order valence-electron chi connectivity index (χ1n) is 5.19. The van der Waals surface area contributed by atoms with Crippen LogP contribution in [0.1, 0.15) is 23.7 Å². The van der Waals surface area contributed by atoms with Crippen LogP contribution in [0.4, 0.5) is 5.69 Å². The largest absolute Gasteiger partial charge is 0.385 e. The van der Waals surface area contributed by atoms with E-state index in [4.69, 9.17) is 0 Å². The zero-order valence-electron chi connectivity index (χ0n) is 9.54. The number of anilines is 1. The third-order valence-corrected chi connectivity index (χ3v) is 2.25. The van der Waals surface area contributed by atoms with E-state index in [1.807, 2.05) is 12.1 Å². The topological polar surface area (TPSA) is 58.2 Å². The maximum absolute atomic E-state index is 11.0. The van der Waals surface area contributed by atoms with Crippen LogP contribution >= 0.6 is 0 Å².